The van der Waals surface area contributed by atoms with Crippen molar-refractivity contribution >= 4 is 0 Å². The highest BCUT2D eigenvalue weighted by Crippen LogP contribution is 2.22. The maximum Gasteiger partial charge on any atom is 0.430 e. The second-order valence-corrected chi connectivity index (χ2v) is 2.24. The molecular formula is C8H10F3N. The number of halogens is 3. The molecule has 0 aromatic heterocycles. The fourth-order valence-electron chi connectivity index (χ4n) is 0.561. The second-order valence-electron chi connectivity index (χ2n) is 2.24. The molecule has 0 atom stereocenters. The van der Waals surface area contributed by atoms with Crippen LogP contribution in [0.3, 0.4) is 0 Å². The smallest absolute Gasteiger partial charge is 0.395 e. The third kappa shape index (κ3) is 3.85. The molecule has 4 heteroatoms. The molecule has 0 amide bonds. The Bertz CT molecular complexity index is 223. The number of alkyl halides is 3. The van der Waals surface area contributed by atoms with Crippen molar-refractivity contribution in [2.24, 2.45) is 5.73 Å². The van der Waals surface area contributed by atoms with Crippen LogP contribution in [-0.4, -0.2) is 6.18 Å². The van der Waals surface area contributed by atoms with Crippen LogP contribution in [0.2, 0.25) is 0 Å². The summed E-state index contributed by atoms with van der Waals surface area (Å²) >= 11 is 0. The van der Waals surface area contributed by atoms with Gasteiger partial charge >= 0.3 is 6.18 Å². The van der Waals surface area contributed by atoms with Gasteiger partial charge in [-0.1, -0.05) is 18.7 Å². The summed E-state index contributed by atoms with van der Waals surface area (Å²) in [5.41, 5.74) is 4.06. The highest BCUT2D eigenvalue weighted by Gasteiger charge is 2.30. The third-order valence-electron chi connectivity index (χ3n) is 1.09. The fourth-order valence-corrected chi connectivity index (χ4v) is 0.561. The summed E-state index contributed by atoms with van der Waals surface area (Å²) in [6.45, 7) is 4.86. The highest BCUT2D eigenvalue weighted by molar-refractivity contribution is 5.25. The van der Waals surface area contributed by atoms with Gasteiger partial charge in [0.05, 0.1) is 0 Å². The zero-order valence-electron chi connectivity index (χ0n) is 6.65. The van der Waals surface area contributed by atoms with E-state index in [1.807, 2.05) is 0 Å². The van der Waals surface area contributed by atoms with Crippen molar-refractivity contribution in [2.75, 3.05) is 0 Å². The monoisotopic (exact) mass is 177 g/mol. The number of nitrogens with two attached hydrogens (primary N) is 1. The lowest BCUT2D eigenvalue weighted by atomic mass is 10.2. The molecule has 0 radical (unpaired) electrons. The van der Waals surface area contributed by atoms with E-state index in [1.165, 1.54) is 19.1 Å². The molecule has 0 saturated heterocycles. The average Bonchev–Trinajstić information content (AvgIpc) is 1.85. The topological polar surface area (TPSA) is 26.0 Å². The summed E-state index contributed by atoms with van der Waals surface area (Å²) < 4.78 is 35.4. The molecule has 0 heterocycles. The molecule has 2 N–H and O–H groups in total. The minimum absolute atomic E-state index is 0.417. The summed E-state index contributed by atoms with van der Waals surface area (Å²) in [4.78, 5) is 0. The van der Waals surface area contributed by atoms with Gasteiger partial charge in [-0.25, -0.2) is 0 Å². The van der Waals surface area contributed by atoms with Gasteiger partial charge in [0.15, 0.2) is 0 Å². The number of rotatable bonds is 2. The Morgan fingerprint density at radius 2 is 1.92 bits per heavy atom. The summed E-state index contributed by atoms with van der Waals surface area (Å²) in [5, 5.41) is 0. The Balaban J connectivity index is 4.57. The van der Waals surface area contributed by atoms with Gasteiger partial charge < -0.3 is 5.73 Å². The molecule has 0 unspecified atom stereocenters. The number of hydrogen-bond acceptors (Lipinski definition) is 1. The van der Waals surface area contributed by atoms with Gasteiger partial charge in [0.1, 0.15) is 5.70 Å². The minimum Gasteiger partial charge on any atom is -0.395 e. The summed E-state index contributed by atoms with van der Waals surface area (Å²) in [5.74, 6) is 0. The van der Waals surface area contributed by atoms with E-state index in [9.17, 15) is 13.2 Å². The van der Waals surface area contributed by atoms with Crippen molar-refractivity contribution in [1.82, 2.24) is 0 Å². The molecule has 0 aliphatic rings. The Labute approximate surface area is 69.1 Å². The van der Waals surface area contributed by atoms with Crippen LogP contribution in [0.25, 0.3) is 0 Å². The van der Waals surface area contributed by atoms with Crippen molar-refractivity contribution in [3.05, 3.63) is 36.1 Å². The van der Waals surface area contributed by atoms with Crippen LogP contribution in [0.1, 0.15) is 6.92 Å². The van der Waals surface area contributed by atoms with Crippen LogP contribution in [-0.2, 0) is 0 Å². The summed E-state index contributed by atoms with van der Waals surface area (Å²) in [6, 6.07) is 0. The first kappa shape index (κ1) is 10.8. The third-order valence-corrected chi connectivity index (χ3v) is 1.09. The van der Waals surface area contributed by atoms with E-state index in [2.05, 4.69) is 6.58 Å². The zero-order chi connectivity index (χ0) is 9.78. The van der Waals surface area contributed by atoms with Crippen molar-refractivity contribution < 1.29 is 13.2 Å². The first-order valence-corrected chi connectivity index (χ1v) is 3.21. The first-order valence-electron chi connectivity index (χ1n) is 3.21. The quantitative estimate of drug-likeness (QED) is 0.644. The summed E-state index contributed by atoms with van der Waals surface area (Å²) in [6.07, 6.45) is -0.744. The van der Waals surface area contributed by atoms with Crippen LogP contribution < -0.4 is 5.73 Å². The van der Waals surface area contributed by atoms with E-state index in [1.54, 1.807) is 0 Å². The predicted molar refractivity (Wildman–Crippen MR) is 42.3 cm³/mol. The molecule has 0 aromatic rings. The van der Waals surface area contributed by atoms with Crippen LogP contribution in [0.15, 0.2) is 36.1 Å². The number of allylic oxidation sites excluding steroid dienone is 5. The lowest BCUT2D eigenvalue weighted by molar-refractivity contribution is -0.0926. The predicted octanol–water partition coefficient (Wildman–Crippen LogP) is 2.52. The Morgan fingerprint density at radius 3 is 2.25 bits per heavy atom. The Morgan fingerprint density at radius 1 is 1.42 bits per heavy atom. The van der Waals surface area contributed by atoms with Crippen LogP contribution in [0, 0.1) is 0 Å². The molecule has 0 saturated carbocycles. The van der Waals surface area contributed by atoms with E-state index >= 15 is 0 Å². The van der Waals surface area contributed by atoms with Gasteiger partial charge in [-0.15, -0.1) is 0 Å². The molecule has 0 spiro atoms. The van der Waals surface area contributed by atoms with Crippen LogP contribution in [0.5, 0.6) is 0 Å². The average molecular weight is 177 g/mol. The van der Waals surface area contributed by atoms with Crippen molar-refractivity contribution in [3.8, 4) is 0 Å². The van der Waals surface area contributed by atoms with Gasteiger partial charge in [0.25, 0.3) is 0 Å². The van der Waals surface area contributed by atoms with Crippen molar-refractivity contribution in [1.29, 1.82) is 0 Å². The molecule has 0 aromatic carbocycles. The lowest BCUT2D eigenvalue weighted by Crippen LogP contribution is -2.19. The van der Waals surface area contributed by atoms with Gasteiger partial charge in [0, 0.05) is 0 Å². The molecule has 0 aliphatic carbocycles. The molecule has 0 rings (SSSR count). The van der Waals surface area contributed by atoms with Crippen LogP contribution in [0.4, 0.5) is 13.2 Å². The SMILES string of the molecule is C=C/C=C(C)\C=C(/N)C(F)(F)F. The standard InChI is InChI=1S/C8H10F3N/c1-3-4-6(2)5-7(12)8(9,10)11/h3-5H,1,12H2,2H3/b6-4-,7-5-. The molecule has 1 nitrogen and oxygen atoms in total. The first-order chi connectivity index (χ1) is 5.38. The summed E-state index contributed by atoms with van der Waals surface area (Å²) in [7, 11) is 0. The van der Waals surface area contributed by atoms with Gasteiger partial charge in [-0.2, -0.15) is 13.2 Å². The van der Waals surface area contributed by atoms with Crippen LogP contribution >= 0.6 is 0 Å². The number of hydrogen-bond donors (Lipinski definition) is 1. The van der Waals surface area contributed by atoms with E-state index < -0.39 is 11.9 Å². The normalized spacial score (nSPS) is 14.7. The maximum atomic E-state index is 11.8. The molecular weight excluding hydrogens is 167 g/mol. The lowest BCUT2D eigenvalue weighted by Gasteiger charge is -2.05. The second kappa shape index (κ2) is 3.99. The van der Waals surface area contributed by atoms with E-state index in [-0.39, 0.29) is 0 Å². The largest absolute Gasteiger partial charge is 0.430 e. The Hall–Kier alpha value is -1.19. The Kier molecular flexibility index (Phi) is 3.60. The molecule has 0 aliphatic heterocycles. The molecule has 68 valence electrons. The van der Waals surface area contributed by atoms with E-state index in [0.717, 1.165) is 6.08 Å². The van der Waals surface area contributed by atoms with Gasteiger partial charge in [-0.3, -0.25) is 0 Å². The fraction of sp³-hybridized carbons (Fsp3) is 0.250. The van der Waals surface area contributed by atoms with Crippen molar-refractivity contribution in [3.63, 3.8) is 0 Å². The maximum absolute atomic E-state index is 11.8. The molecule has 0 fully saturated rings. The van der Waals surface area contributed by atoms with Crippen molar-refractivity contribution in [2.45, 2.75) is 13.1 Å². The van der Waals surface area contributed by atoms with E-state index in [0.29, 0.717) is 5.57 Å². The minimum atomic E-state index is -4.45. The van der Waals surface area contributed by atoms with Gasteiger partial charge in [0.2, 0.25) is 0 Å². The molecule has 12 heavy (non-hydrogen) atoms. The highest BCUT2D eigenvalue weighted by atomic mass is 19.4. The zero-order valence-corrected chi connectivity index (χ0v) is 6.65. The van der Waals surface area contributed by atoms with E-state index in [4.69, 9.17) is 5.73 Å². The van der Waals surface area contributed by atoms with Gasteiger partial charge in [-0.05, 0) is 18.6 Å². The molecule has 0 bridgehead atoms.